The molecule has 8 nitrogen and oxygen atoms in total. The lowest BCUT2D eigenvalue weighted by Gasteiger charge is -2.12. The molecule has 0 aliphatic rings. The summed E-state index contributed by atoms with van der Waals surface area (Å²) in [6, 6.07) is 22.5. The molecule has 0 unspecified atom stereocenters. The van der Waals surface area contributed by atoms with Gasteiger partial charge in [-0.1, -0.05) is 42.5 Å². The molecule has 0 fully saturated rings. The Morgan fingerprint density at radius 2 is 1.82 bits per heavy atom. The van der Waals surface area contributed by atoms with Crippen LogP contribution in [0.5, 0.6) is 5.75 Å². The van der Waals surface area contributed by atoms with E-state index in [0.717, 1.165) is 16.6 Å². The van der Waals surface area contributed by atoms with E-state index in [1.807, 2.05) is 55.5 Å². The fourth-order valence-corrected chi connectivity index (χ4v) is 3.78. The first-order valence-electron chi connectivity index (χ1n) is 10.4. The number of ether oxygens (including phenoxy) is 1. The lowest BCUT2D eigenvalue weighted by Crippen LogP contribution is -2.24. The maximum atomic E-state index is 13.4. The largest absolute Gasteiger partial charge is 0.497 e. The van der Waals surface area contributed by atoms with Crippen LogP contribution in [0, 0.1) is 6.92 Å². The van der Waals surface area contributed by atoms with Crippen LogP contribution in [0.1, 0.15) is 21.7 Å². The molecule has 5 rings (SSSR count). The van der Waals surface area contributed by atoms with Gasteiger partial charge in [-0.3, -0.25) is 14.2 Å². The van der Waals surface area contributed by atoms with E-state index in [-0.39, 0.29) is 17.0 Å². The van der Waals surface area contributed by atoms with Crippen molar-refractivity contribution in [3.05, 3.63) is 100 Å². The van der Waals surface area contributed by atoms with Crippen molar-refractivity contribution < 1.29 is 9.53 Å². The van der Waals surface area contributed by atoms with Crippen molar-refractivity contribution in [2.75, 3.05) is 12.4 Å². The van der Waals surface area contributed by atoms with E-state index in [1.54, 1.807) is 35.9 Å². The number of amides is 1. The SMILES string of the molecule is COc1cccc(NC(=O)c2nc3c(=O)n(Cc4ccccc4)c4cc(C)ccc4n3n2)c1. The summed E-state index contributed by atoms with van der Waals surface area (Å²) in [7, 11) is 1.55. The van der Waals surface area contributed by atoms with E-state index in [2.05, 4.69) is 15.4 Å². The summed E-state index contributed by atoms with van der Waals surface area (Å²) in [6.45, 7) is 2.35. The monoisotopic (exact) mass is 439 g/mol. The van der Waals surface area contributed by atoms with Crippen molar-refractivity contribution in [1.29, 1.82) is 0 Å². The predicted octanol–water partition coefficient (Wildman–Crippen LogP) is 3.66. The van der Waals surface area contributed by atoms with Crippen LogP contribution in [0.15, 0.2) is 77.6 Å². The normalized spacial score (nSPS) is 11.1. The highest BCUT2D eigenvalue weighted by Crippen LogP contribution is 2.19. The van der Waals surface area contributed by atoms with Gasteiger partial charge in [-0.25, -0.2) is 4.52 Å². The molecule has 2 aromatic heterocycles. The van der Waals surface area contributed by atoms with Crippen LogP contribution in [-0.4, -0.2) is 32.2 Å². The van der Waals surface area contributed by atoms with Crippen molar-refractivity contribution in [1.82, 2.24) is 19.2 Å². The molecule has 0 atom stereocenters. The Hall–Kier alpha value is -4.46. The summed E-state index contributed by atoms with van der Waals surface area (Å²) >= 11 is 0. The fourth-order valence-electron chi connectivity index (χ4n) is 3.78. The number of hydrogen-bond donors (Lipinski definition) is 1. The van der Waals surface area contributed by atoms with Crippen molar-refractivity contribution >= 4 is 28.3 Å². The highest BCUT2D eigenvalue weighted by atomic mass is 16.5. The Morgan fingerprint density at radius 1 is 1.00 bits per heavy atom. The van der Waals surface area contributed by atoms with Crippen molar-refractivity contribution in [3.63, 3.8) is 0 Å². The number of carbonyl (C=O) groups excluding carboxylic acids is 1. The molecule has 3 aromatic carbocycles. The van der Waals surface area contributed by atoms with Crippen LogP contribution in [0.25, 0.3) is 16.7 Å². The lowest BCUT2D eigenvalue weighted by molar-refractivity contribution is 0.101. The highest BCUT2D eigenvalue weighted by molar-refractivity contribution is 6.02. The number of carbonyl (C=O) groups is 1. The minimum absolute atomic E-state index is 0.0887. The minimum atomic E-state index is -0.513. The second kappa shape index (κ2) is 8.23. The van der Waals surface area contributed by atoms with Crippen molar-refractivity contribution in [2.24, 2.45) is 0 Å². The summed E-state index contributed by atoms with van der Waals surface area (Å²) in [5.74, 6) is 0.0106. The second-order valence-electron chi connectivity index (χ2n) is 7.73. The Kier molecular flexibility index (Phi) is 5.10. The van der Waals surface area contributed by atoms with E-state index in [0.29, 0.717) is 23.5 Å². The maximum absolute atomic E-state index is 13.4. The molecule has 0 bridgehead atoms. The molecule has 164 valence electrons. The van der Waals surface area contributed by atoms with E-state index < -0.39 is 5.91 Å². The van der Waals surface area contributed by atoms with Gasteiger partial charge in [-0.15, -0.1) is 5.10 Å². The van der Waals surface area contributed by atoms with Gasteiger partial charge in [0.05, 0.1) is 24.7 Å². The number of hydrogen-bond acceptors (Lipinski definition) is 5. The zero-order valence-electron chi connectivity index (χ0n) is 18.1. The minimum Gasteiger partial charge on any atom is -0.497 e. The Bertz CT molecular complexity index is 1550. The number of anilines is 1. The summed E-state index contributed by atoms with van der Waals surface area (Å²) in [6.07, 6.45) is 0. The lowest BCUT2D eigenvalue weighted by atomic mass is 10.2. The third kappa shape index (κ3) is 3.82. The van der Waals surface area contributed by atoms with Gasteiger partial charge in [0.1, 0.15) is 5.75 Å². The first kappa shape index (κ1) is 20.4. The molecule has 8 heteroatoms. The average molecular weight is 439 g/mol. The number of nitrogens with one attached hydrogen (secondary N) is 1. The molecule has 0 radical (unpaired) electrons. The predicted molar refractivity (Wildman–Crippen MR) is 126 cm³/mol. The van der Waals surface area contributed by atoms with Crippen LogP contribution in [0.4, 0.5) is 5.69 Å². The van der Waals surface area contributed by atoms with Crippen LogP contribution in [0.3, 0.4) is 0 Å². The number of aryl methyl sites for hydroxylation is 1. The molecular formula is C25H21N5O3. The average Bonchev–Trinajstić information content (AvgIpc) is 3.28. The van der Waals surface area contributed by atoms with E-state index in [4.69, 9.17) is 4.74 Å². The van der Waals surface area contributed by atoms with Crippen molar-refractivity contribution in [3.8, 4) is 5.75 Å². The first-order valence-corrected chi connectivity index (χ1v) is 10.4. The van der Waals surface area contributed by atoms with Gasteiger partial charge < -0.3 is 10.1 Å². The molecule has 33 heavy (non-hydrogen) atoms. The van der Waals surface area contributed by atoms with E-state index >= 15 is 0 Å². The molecular weight excluding hydrogens is 418 g/mol. The Labute approximate surface area is 189 Å². The number of nitrogens with zero attached hydrogens (tertiary/aromatic N) is 4. The van der Waals surface area contributed by atoms with Gasteiger partial charge in [-0.2, -0.15) is 4.98 Å². The molecule has 0 aliphatic carbocycles. The van der Waals surface area contributed by atoms with Crippen molar-refractivity contribution in [2.45, 2.75) is 13.5 Å². The number of benzene rings is 3. The third-order valence-corrected chi connectivity index (χ3v) is 5.41. The van der Waals surface area contributed by atoms with Gasteiger partial charge in [0, 0.05) is 11.8 Å². The zero-order chi connectivity index (χ0) is 22.9. The van der Waals surface area contributed by atoms with Crippen LogP contribution in [0.2, 0.25) is 0 Å². The summed E-state index contributed by atoms with van der Waals surface area (Å²) in [5, 5.41) is 7.13. The molecule has 2 heterocycles. The smallest absolute Gasteiger partial charge is 0.296 e. The van der Waals surface area contributed by atoms with Gasteiger partial charge in [0.15, 0.2) is 0 Å². The summed E-state index contributed by atoms with van der Waals surface area (Å²) in [5.41, 5.74) is 3.74. The quantitative estimate of drug-likeness (QED) is 0.451. The highest BCUT2D eigenvalue weighted by Gasteiger charge is 2.19. The molecule has 0 saturated heterocycles. The maximum Gasteiger partial charge on any atom is 0.296 e. The third-order valence-electron chi connectivity index (χ3n) is 5.41. The molecule has 5 aromatic rings. The molecule has 1 N–H and O–H groups in total. The van der Waals surface area contributed by atoms with Crippen LogP contribution < -0.4 is 15.6 Å². The second-order valence-corrected chi connectivity index (χ2v) is 7.73. The Morgan fingerprint density at radius 3 is 2.61 bits per heavy atom. The van der Waals surface area contributed by atoms with Gasteiger partial charge in [0.25, 0.3) is 11.5 Å². The molecule has 1 amide bonds. The number of aromatic nitrogens is 4. The zero-order valence-corrected chi connectivity index (χ0v) is 18.1. The van der Waals surface area contributed by atoms with Crippen LogP contribution >= 0.6 is 0 Å². The van der Waals surface area contributed by atoms with Gasteiger partial charge in [0.2, 0.25) is 11.5 Å². The summed E-state index contributed by atoms with van der Waals surface area (Å²) in [4.78, 5) is 30.6. The first-order chi connectivity index (χ1) is 16.0. The van der Waals surface area contributed by atoms with Gasteiger partial charge in [-0.05, 0) is 42.3 Å². The number of rotatable bonds is 5. The molecule has 0 spiro atoms. The van der Waals surface area contributed by atoms with Crippen LogP contribution in [-0.2, 0) is 6.54 Å². The topological polar surface area (TPSA) is 90.5 Å². The Balaban J connectivity index is 1.62. The summed E-state index contributed by atoms with van der Waals surface area (Å²) < 4.78 is 8.31. The standard InChI is InChI=1S/C25H21N5O3/c1-16-11-12-20-21(13-16)29(15-17-7-4-3-5-8-17)25(32)23-27-22(28-30(20)23)24(31)26-18-9-6-10-19(14-18)33-2/h3-14H,15H2,1-2H3,(H,26,31). The fraction of sp³-hybridized carbons (Fsp3) is 0.120. The number of fused-ring (bicyclic) bond motifs is 3. The molecule has 0 saturated carbocycles. The molecule has 0 aliphatic heterocycles. The number of methoxy groups -OCH3 is 1. The van der Waals surface area contributed by atoms with E-state index in [9.17, 15) is 9.59 Å². The van der Waals surface area contributed by atoms with Gasteiger partial charge >= 0.3 is 0 Å². The van der Waals surface area contributed by atoms with E-state index in [1.165, 1.54) is 4.52 Å².